The van der Waals surface area contributed by atoms with E-state index in [1.807, 2.05) is 30.3 Å². The molecule has 0 atom stereocenters. The Labute approximate surface area is 163 Å². The number of nitrogens with zero attached hydrogens (tertiary/aromatic N) is 2. The predicted molar refractivity (Wildman–Crippen MR) is 111 cm³/mol. The maximum atomic E-state index is 12.5. The molecule has 0 spiro atoms. The van der Waals surface area contributed by atoms with Crippen molar-refractivity contribution in [1.82, 2.24) is 15.2 Å². The normalized spacial score (nSPS) is 15.9. The Bertz CT molecular complexity index is 960. The van der Waals surface area contributed by atoms with Gasteiger partial charge in [0, 0.05) is 23.0 Å². The van der Waals surface area contributed by atoms with Crippen molar-refractivity contribution in [1.29, 1.82) is 0 Å². The van der Waals surface area contributed by atoms with E-state index in [0.717, 1.165) is 34.3 Å². The van der Waals surface area contributed by atoms with E-state index in [9.17, 15) is 4.79 Å². The van der Waals surface area contributed by atoms with Crippen LogP contribution in [0.15, 0.2) is 42.6 Å². The summed E-state index contributed by atoms with van der Waals surface area (Å²) in [5.41, 5.74) is 6.94. The van der Waals surface area contributed by atoms with Gasteiger partial charge in [-0.3, -0.25) is 4.79 Å². The van der Waals surface area contributed by atoms with Crippen LogP contribution in [0.4, 0.5) is 5.82 Å². The minimum atomic E-state index is -0.00600. The van der Waals surface area contributed by atoms with E-state index in [2.05, 4.69) is 28.3 Å². The highest BCUT2D eigenvalue weighted by Crippen LogP contribution is 2.32. The SMILES string of the molecule is CN1CCC(c2ccc(C(=O)NCc3ccc4c(N)nccc4c3)s2)CC1. The predicted octanol–water partition coefficient (Wildman–Crippen LogP) is 3.62. The van der Waals surface area contributed by atoms with Gasteiger partial charge in [-0.25, -0.2) is 4.98 Å². The summed E-state index contributed by atoms with van der Waals surface area (Å²) in [4.78, 5) is 21.1. The Morgan fingerprint density at radius 1 is 1.26 bits per heavy atom. The van der Waals surface area contributed by atoms with Crippen LogP contribution < -0.4 is 11.1 Å². The molecule has 0 saturated carbocycles. The number of likely N-dealkylation sites (tertiary alicyclic amines) is 1. The summed E-state index contributed by atoms with van der Waals surface area (Å²) in [5.74, 6) is 1.11. The average Bonchev–Trinajstić information content (AvgIpc) is 3.17. The zero-order valence-corrected chi connectivity index (χ0v) is 16.3. The molecule has 0 radical (unpaired) electrons. The number of nitrogen functional groups attached to an aromatic ring is 1. The summed E-state index contributed by atoms with van der Waals surface area (Å²) in [7, 11) is 2.17. The molecule has 1 aliphatic rings. The number of thiophene rings is 1. The first kappa shape index (κ1) is 17.9. The molecule has 0 unspecified atom stereocenters. The van der Waals surface area contributed by atoms with E-state index in [-0.39, 0.29) is 5.91 Å². The highest BCUT2D eigenvalue weighted by molar-refractivity contribution is 7.14. The van der Waals surface area contributed by atoms with Crippen LogP contribution in [0.3, 0.4) is 0 Å². The zero-order valence-electron chi connectivity index (χ0n) is 15.4. The van der Waals surface area contributed by atoms with Crippen LogP contribution in [0, 0.1) is 0 Å². The number of anilines is 1. The number of rotatable bonds is 4. The van der Waals surface area contributed by atoms with Gasteiger partial charge in [0.15, 0.2) is 0 Å². The molecule has 5 nitrogen and oxygen atoms in total. The number of hydrogen-bond acceptors (Lipinski definition) is 5. The molecule has 0 aliphatic carbocycles. The molecular formula is C21H24N4OS. The standard InChI is InChI=1S/C21H24N4OS/c1-25-10-7-15(8-11-25)18-4-5-19(27-18)21(26)24-13-14-2-3-17-16(12-14)6-9-23-20(17)22/h2-6,9,12,15H,7-8,10-11,13H2,1H3,(H2,22,23)(H,24,26). The zero-order chi connectivity index (χ0) is 18.8. The summed E-state index contributed by atoms with van der Waals surface area (Å²) in [6, 6.07) is 12.0. The van der Waals surface area contributed by atoms with Crippen LogP contribution in [-0.2, 0) is 6.54 Å². The second kappa shape index (κ2) is 7.66. The van der Waals surface area contributed by atoms with Crippen molar-refractivity contribution in [3.05, 3.63) is 57.9 Å². The highest BCUT2D eigenvalue weighted by atomic mass is 32.1. The van der Waals surface area contributed by atoms with Crippen molar-refractivity contribution in [3.63, 3.8) is 0 Å². The lowest BCUT2D eigenvalue weighted by Gasteiger charge is -2.28. The lowest BCUT2D eigenvalue weighted by atomic mass is 9.96. The molecule has 0 bridgehead atoms. The first-order valence-corrected chi connectivity index (χ1v) is 10.1. The smallest absolute Gasteiger partial charge is 0.261 e. The molecule has 1 fully saturated rings. The largest absolute Gasteiger partial charge is 0.383 e. The number of fused-ring (bicyclic) bond motifs is 1. The maximum absolute atomic E-state index is 12.5. The molecule has 27 heavy (non-hydrogen) atoms. The van der Waals surface area contributed by atoms with Crippen molar-refractivity contribution < 1.29 is 4.79 Å². The Hall–Kier alpha value is -2.44. The number of pyridine rings is 1. The van der Waals surface area contributed by atoms with E-state index in [0.29, 0.717) is 18.3 Å². The van der Waals surface area contributed by atoms with Gasteiger partial charge in [0.05, 0.1) is 4.88 Å². The number of carbonyl (C=O) groups is 1. The second-order valence-electron chi connectivity index (χ2n) is 7.21. The molecule has 3 aromatic rings. The van der Waals surface area contributed by atoms with Crippen LogP contribution in [0.5, 0.6) is 0 Å². The van der Waals surface area contributed by atoms with E-state index in [1.165, 1.54) is 17.7 Å². The van der Waals surface area contributed by atoms with Crippen molar-refractivity contribution >= 4 is 33.8 Å². The van der Waals surface area contributed by atoms with Gasteiger partial charge < -0.3 is 16.0 Å². The van der Waals surface area contributed by atoms with Crippen molar-refractivity contribution in [3.8, 4) is 0 Å². The molecule has 3 heterocycles. The summed E-state index contributed by atoms with van der Waals surface area (Å²) in [5, 5.41) is 5.01. The third-order valence-electron chi connectivity index (χ3n) is 5.28. The fourth-order valence-corrected chi connectivity index (χ4v) is 4.71. The second-order valence-corrected chi connectivity index (χ2v) is 8.33. The van der Waals surface area contributed by atoms with Crippen molar-refractivity contribution in [2.75, 3.05) is 25.9 Å². The maximum Gasteiger partial charge on any atom is 0.261 e. The minimum absolute atomic E-state index is 0.00600. The number of hydrogen-bond donors (Lipinski definition) is 2. The molecule has 2 aromatic heterocycles. The number of nitrogens with one attached hydrogen (secondary N) is 1. The number of carbonyl (C=O) groups excluding carboxylic acids is 1. The van der Waals surface area contributed by atoms with Gasteiger partial charge in [0.1, 0.15) is 5.82 Å². The quantitative estimate of drug-likeness (QED) is 0.725. The van der Waals surface area contributed by atoms with Crippen LogP contribution in [0.1, 0.15) is 38.9 Å². The first-order chi connectivity index (χ1) is 13.1. The Morgan fingerprint density at radius 2 is 2.07 bits per heavy atom. The Morgan fingerprint density at radius 3 is 2.89 bits per heavy atom. The van der Waals surface area contributed by atoms with Gasteiger partial charge in [-0.05, 0) is 74.1 Å². The third kappa shape index (κ3) is 3.96. The first-order valence-electron chi connectivity index (χ1n) is 9.30. The fraction of sp³-hybridized carbons (Fsp3) is 0.333. The van der Waals surface area contributed by atoms with Gasteiger partial charge in [-0.1, -0.05) is 12.1 Å². The fourth-order valence-electron chi connectivity index (χ4n) is 3.62. The summed E-state index contributed by atoms with van der Waals surface area (Å²) < 4.78 is 0. The lowest BCUT2D eigenvalue weighted by Crippen LogP contribution is -2.28. The van der Waals surface area contributed by atoms with E-state index < -0.39 is 0 Å². The van der Waals surface area contributed by atoms with Crippen LogP contribution in [-0.4, -0.2) is 35.9 Å². The summed E-state index contributed by atoms with van der Waals surface area (Å²) in [6.45, 7) is 2.76. The van der Waals surface area contributed by atoms with Crippen molar-refractivity contribution in [2.24, 2.45) is 0 Å². The monoisotopic (exact) mass is 380 g/mol. The summed E-state index contributed by atoms with van der Waals surface area (Å²) >= 11 is 1.63. The van der Waals surface area contributed by atoms with Gasteiger partial charge in [-0.15, -0.1) is 11.3 Å². The van der Waals surface area contributed by atoms with E-state index in [4.69, 9.17) is 5.73 Å². The van der Waals surface area contributed by atoms with E-state index in [1.54, 1.807) is 17.5 Å². The number of amides is 1. The average molecular weight is 381 g/mol. The highest BCUT2D eigenvalue weighted by Gasteiger charge is 2.21. The summed E-state index contributed by atoms with van der Waals surface area (Å²) in [6.07, 6.45) is 4.05. The molecule has 1 saturated heterocycles. The third-order valence-corrected chi connectivity index (χ3v) is 6.53. The molecule has 1 amide bonds. The van der Waals surface area contributed by atoms with Crippen LogP contribution >= 0.6 is 11.3 Å². The van der Waals surface area contributed by atoms with E-state index >= 15 is 0 Å². The van der Waals surface area contributed by atoms with Gasteiger partial charge in [0.25, 0.3) is 5.91 Å². The minimum Gasteiger partial charge on any atom is -0.383 e. The number of aromatic nitrogens is 1. The number of nitrogens with two attached hydrogens (primary N) is 1. The Balaban J connectivity index is 1.40. The van der Waals surface area contributed by atoms with Gasteiger partial charge in [0.2, 0.25) is 0 Å². The molecule has 1 aliphatic heterocycles. The molecule has 1 aromatic carbocycles. The van der Waals surface area contributed by atoms with Crippen molar-refractivity contribution in [2.45, 2.75) is 25.3 Å². The molecule has 4 rings (SSSR count). The molecule has 6 heteroatoms. The number of piperidine rings is 1. The Kier molecular flexibility index (Phi) is 5.09. The lowest BCUT2D eigenvalue weighted by molar-refractivity contribution is 0.0955. The molecule has 140 valence electrons. The number of benzene rings is 1. The van der Waals surface area contributed by atoms with Gasteiger partial charge in [-0.2, -0.15) is 0 Å². The molecular weight excluding hydrogens is 356 g/mol. The van der Waals surface area contributed by atoms with Gasteiger partial charge >= 0.3 is 0 Å². The topological polar surface area (TPSA) is 71.2 Å². The van der Waals surface area contributed by atoms with Crippen LogP contribution in [0.25, 0.3) is 10.8 Å². The molecule has 3 N–H and O–H groups in total. The van der Waals surface area contributed by atoms with Crippen LogP contribution in [0.2, 0.25) is 0 Å².